The van der Waals surface area contributed by atoms with Crippen molar-refractivity contribution < 1.29 is 4.79 Å². The summed E-state index contributed by atoms with van der Waals surface area (Å²) >= 11 is 9.32. The zero-order chi connectivity index (χ0) is 14.7. The van der Waals surface area contributed by atoms with E-state index in [1.54, 1.807) is 31.2 Å². The molecule has 4 nitrogen and oxygen atoms in total. The summed E-state index contributed by atoms with van der Waals surface area (Å²) in [5.41, 5.74) is 2.57. The van der Waals surface area contributed by atoms with Crippen LogP contribution >= 0.6 is 27.5 Å². The molecule has 0 bridgehead atoms. The minimum absolute atomic E-state index is 0.210. The number of hydrogen-bond donors (Lipinski definition) is 1. The normalized spacial score (nSPS) is 10.4. The lowest BCUT2D eigenvalue weighted by atomic mass is 10.1. The monoisotopic (exact) mass is 353 g/mol. The van der Waals surface area contributed by atoms with Gasteiger partial charge in [-0.2, -0.15) is 10.2 Å². The molecule has 1 amide bonds. The van der Waals surface area contributed by atoms with Gasteiger partial charge in [-0.3, -0.25) is 4.79 Å². The molecule has 0 radical (unpaired) electrons. The van der Waals surface area contributed by atoms with E-state index in [-0.39, 0.29) is 5.91 Å². The Morgan fingerprint density at radius 1 is 1.35 bits per heavy atom. The van der Waals surface area contributed by atoms with Crippen LogP contribution in [0.25, 0.3) is 0 Å². The Labute approximate surface area is 130 Å². The molecule has 104 valence electrons. The number of nitrogens with zero attached hydrogens (tertiary/aromatic N) is 2. The number of hydrogen-bond acceptors (Lipinski definition) is 3. The summed E-state index contributed by atoms with van der Waals surface area (Å²) in [7, 11) is 0. The van der Waals surface area contributed by atoms with E-state index < -0.39 is 0 Å². The van der Waals surface area contributed by atoms with Crippen LogP contribution in [0.15, 0.2) is 28.7 Å². The van der Waals surface area contributed by atoms with Crippen molar-refractivity contribution >= 4 is 39.1 Å². The Bertz CT molecular complexity index is 661. The molecule has 1 heterocycles. The summed E-state index contributed by atoms with van der Waals surface area (Å²) in [6.45, 7) is 3.74. The van der Waals surface area contributed by atoms with E-state index in [1.807, 2.05) is 6.92 Å². The predicted molar refractivity (Wildman–Crippen MR) is 83.3 cm³/mol. The SMILES string of the molecule is CCc1nnc(C)cc1C(=O)Nc1ccc(Br)c(Cl)c1. The van der Waals surface area contributed by atoms with E-state index in [2.05, 4.69) is 31.4 Å². The summed E-state index contributed by atoms with van der Waals surface area (Å²) in [6, 6.07) is 6.99. The number of carbonyl (C=O) groups excluding carboxylic acids is 1. The third-order valence-corrected chi connectivity index (χ3v) is 3.98. The Morgan fingerprint density at radius 2 is 2.10 bits per heavy atom. The lowest BCUT2D eigenvalue weighted by Crippen LogP contribution is -2.16. The number of aromatic nitrogens is 2. The van der Waals surface area contributed by atoms with Gasteiger partial charge in [-0.05, 0) is 53.5 Å². The fourth-order valence-electron chi connectivity index (χ4n) is 1.74. The maximum Gasteiger partial charge on any atom is 0.257 e. The molecule has 0 aliphatic heterocycles. The summed E-state index contributed by atoms with van der Waals surface area (Å²) in [5.74, 6) is -0.210. The molecule has 0 atom stereocenters. The molecule has 20 heavy (non-hydrogen) atoms. The van der Waals surface area contributed by atoms with Crippen LogP contribution in [0, 0.1) is 6.92 Å². The highest BCUT2D eigenvalue weighted by molar-refractivity contribution is 9.10. The molecule has 0 aliphatic carbocycles. The van der Waals surface area contributed by atoms with E-state index in [1.165, 1.54) is 0 Å². The zero-order valence-electron chi connectivity index (χ0n) is 11.1. The molecular weight excluding hydrogens is 342 g/mol. The Kier molecular flexibility index (Phi) is 4.73. The summed E-state index contributed by atoms with van der Waals surface area (Å²) in [5, 5.41) is 11.4. The number of amides is 1. The minimum atomic E-state index is -0.210. The summed E-state index contributed by atoms with van der Waals surface area (Å²) < 4.78 is 0.785. The van der Waals surface area contributed by atoms with Crippen LogP contribution in [0.4, 0.5) is 5.69 Å². The molecule has 6 heteroatoms. The smallest absolute Gasteiger partial charge is 0.257 e. The molecule has 2 rings (SSSR count). The molecule has 0 spiro atoms. The van der Waals surface area contributed by atoms with E-state index in [9.17, 15) is 4.79 Å². The highest BCUT2D eigenvalue weighted by Gasteiger charge is 2.13. The van der Waals surface area contributed by atoms with Gasteiger partial charge in [-0.15, -0.1) is 0 Å². The lowest BCUT2D eigenvalue weighted by Gasteiger charge is -2.09. The number of anilines is 1. The van der Waals surface area contributed by atoms with E-state index in [4.69, 9.17) is 11.6 Å². The predicted octanol–water partition coefficient (Wildman–Crippen LogP) is 4.02. The van der Waals surface area contributed by atoms with Crippen LogP contribution < -0.4 is 5.32 Å². The van der Waals surface area contributed by atoms with Crippen molar-refractivity contribution in [3.05, 3.63) is 50.7 Å². The van der Waals surface area contributed by atoms with E-state index in [0.717, 1.165) is 4.47 Å². The van der Waals surface area contributed by atoms with Crippen LogP contribution in [-0.2, 0) is 6.42 Å². The second-order valence-corrected chi connectivity index (χ2v) is 5.54. The second-order valence-electron chi connectivity index (χ2n) is 4.28. The van der Waals surface area contributed by atoms with E-state index >= 15 is 0 Å². The van der Waals surface area contributed by atoms with Gasteiger partial charge in [-0.25, -0.2) is 0 Å². The van der Waals surface area contributed by atoms with E-state index in [0.29, 0.717) is 34.1 Å². The highest BCUT2D eigenvalue weighted by atomic mass is 79.9. The van der Waals surface area contributed by atoms with Gasteiger partial charge in [-0.1, -0.05) is 18.5 Å². The van der Waals surface area contributed by atoms with Crippen molar-refractivity contribution in [1.82, 2.24) is 10.2 Å². The number of halogens is 2. The van der Waals surface area contributed by atoms with Crippen LogP contribution in [0.2, 0.25) is 5.02 Å². The highest BCUT2D eigenvalue weighted by Crippen LogP contribution is 2.25. The molecular formula is C14H13BrClN3O. The van der Waals surface area contributed by atoms with Crippen LogP contribution in [0.3, 0.4) is 0 Å². The average Bonchev–Trinajstić information content (AvgIpc) is 2.43. The van der Waals surface area contributed by atoms with Gasteiger partial charge in [0.05, 0.1) is 22.0 Å². The van der Waals surface area contributed by atoms with Crippen molar-refractivity contribution in [2.24, 2.45) is 0 Å². The molecule has 0 unspecified atom stereocenters. The largest absolute Gasteiger partial charge is 0.322 e. The van der Waals surface area contributed by atoms with Gasteiger partial charge in [0.1, 0.15) is 0 Å². The molecule has 2 aromatic rings. The fraction of sp³-hybridized carbons (Fsp3) is 0.214. The topological polar surface area (TPSA) is 54.9 Å². The molecule has 1 aromatic carbocycles. The Balaban J connectivity index is 2.27. The van der Waals surface area contributed by atoms with Crippen molar-refractivity contribution in [2.75, 3.05) is 5.32 Å². The summed E-state index contributed by atoms with van der Waals surface area (Å²) in [6.07, 6.45) is 0.650. The molecule has 0 fully saturated rings. The minimum Gasteiger partial charge on any atom is -0.322 e. The Hall–Kier alpha value is -1.46. The maximum absolute atomic E-state index is 12.3. The van der Waals surface area contributed by atoms with Crippen LogP contribution in [0.5, 0.6) is 0 Å². The molecule has 0 saturated carbocycles. The first-order valence-electron chi connectivity index (χ1n) is 6.11. The number of aryl methyl sites for hydroxylation is 2. The fourth-order valence-corrected chi connectivity index (χ4v) is 2.17. The lowest BCUT2D eigenvalue weighted by molar-refractivity contribution is 0.102. The Morgan fingerprint density at radius 3 is 2.75 bits per heavy atom. The van der Waals surface area contributed by atoms with Gasteiger partial charge in [0.25, 0.3) is 5.91 Å². The van der Waals surface area contributed by atoms with Crippen LogP contribution in [-0.4, -0.2) is 16.1 Å². The standard InChI is InChI=1S/C14H13BrClN3O/c1-3-13-10(6-8(2)18-19-13)14(20)17-9-4-5-11(15)12(16)7-9/h4-7H,3H2,1-2H3,(H,17,20). The first-order chi connectivity index (χ1) is 9.51. The first-order valence-corrected chi connectivity index (χ1v) is 7.28. The first kappa shape index (κ1) is 14.9. The molecule has 0 aliphatic rings. The second kappa shape index (κ2) is 6.33. The average molecular weight is 355 g/mol. The van der Waals surface area contributed by atoms with Gasteiger partial charge >= 0.3 is 0 Å². The van der Waals surface area contributed by atoms with Crippen molar-refractivity contribution in [1.29, 1.82) is 0 Å². The third kappa shape index (κ3) is 3.35. The number of rotatable bonds is 3. The van der Waals surface area contributed by atoms with Gasteiger partial charge < -0.3 is 5.32 Å². The third-order valence-electron chi connectivity index (χ3n) is 2.75. The number of carbonyl (C=O) groups is 1. The van der Waals surface area contributed by atoms with Crippen molar-refractivity contribution in [3.63, 3.8) is 0 Å². The van der Waals surface area contributed by atoms with Crippen LogP contribution in [0.1, 0.15) is 28.7 Å². The van der Waals surface area contributed by atoms with Gasteiger partial charge in [0.15, 0.2) is 0 Å². The maximum atomic E-state index is 12.3. The van der Waals surface area contributed by atoms with Crippen molar-refractivity contribution in [2.45, 2.75) is 20.3 Å². The molecule has 0 saturated heterocycles. The number of nitrogens with one attached hydrogen (secondary N) is 1. The number of benzene rings is 1. The quantitative estimate of drug-likeness (QED) is 0.906. The molecule has 1 aromatic heterocycles. The van der Waals surface area contributed by atoms with Gasteiger partial charge in [0.2, 0.25) is 0 Å². The van der Waals surface area contributed by atoms with Gasteiger partial charge in [0, 0.05) is 10.2 Å². The summed E-state index contributed by atoms with van der Waals surface area (Å²) in [4.78, 5) is 12.3. The zero-order valence-corrected chi connectivity index (χ0v) is 13.4. The molecule has 1 N–H and O–H groups in total. The van der Waals surface area contributed by atoms with Crippen molar-refractivity contribution in [3.8, 4) is 0 Å².